The molecule has 130 valence electrons. The fourth-order valence-corrected chi connectivity index (χ4v) is 4.74. The van der Waals surface area contributed by atoms with E-state index in [-0.39, 0.29) is 11.9 Å². The number of likely N-dealkylation sites (tertiary alicyclic amines) is 1. The Kier molecular flexibility index (Phi) is 4.34. The molecule has 1 N–H and O–H groups in total. The van der Waals surface area contributed by atoms with Crippen LogP contribution in [0.2, 0.25) is 0 Å². The van der Waals surface area contributed by atoms with Crippen molar-refractivity contribution in [1.82, 2.24) is 14.9 Å². The number of fused-ring (bicyclic) bond motifs is 1. The minimum absolute atomic E-state index is 0.0527. The number of amides is 1. The van der Waals surface area contributed by atoms with Gasteiger partial charge in [-0.15, -0.1) is 11.3 Å². The number of carbonyl (C=O) groups is 1. The Hall–Kier alpha value is -2.14. The largest absolute Gasteiger partial charge is 0.340 e. The second-order valence-corrected chi connectivity index (χ2v) is 7.99. The maximum absolute atomic E-state index is 13.1. The third-order valence-electron chi connectivity index (χ3n) is 4.99. The number of imidazole rings is 1. The Morgan fingerprint density at radius 3 is 3.04 bits per heavy atom. The van der Waals surface area contributed by atoms with Crippen LogP contribution in [-0.2, 0) is 6.42 Å². The topological polar surface area (TPSA) is 49.0 Å². The zero-order chi connectivity index (χ0) is 17.4. The summed E-state index contributed by atoms with van der Waals surface area (Å²) < 4.78 is 0. The minimum atomic E-state index is 0.0527. The van der Waals surface area contributed by atoms with Crippen molar-refractivity contribution >= 4 is 28.3 Å². The molecule has 0 radical (unpaired) electrons. The van der Waals surface area contributed by atoms with Gasteiger partial charge in [0.05, 0.1) is 22.0 Å². The van der Waals surface area contributed by atoms with Gasteiger partial charge in [-0.3, -0.25) is 4.79 Å². The molecule has 3 aromatic rings. The predicted octanol–water partition coefficient (Wildman–Crippen LogP) is 4.86. The van der Waals surface area contributed by atoms with E-state index < -0.39 is 0 Å². The highest BCUT2D eigenvalue weighted by molar-refractivity contribution is 7.14. The van der Waals surface area contributed by atoms with Crippen molar-refractivity contribution in [3.8, 4) is 0 Å². The lowest BCUT2D eigenvalue weighted by atomic mass is 10.1. The summed E-state index contributed by atoms with van der Waals surface area (Å²) in [6.45, 7) is 5.10. The Morgan fingerprint density at radius 2 is 2.24 bits per heavy atom. The monoisotopic (exact) mass is 353 g/mol. The highest BCUT2D eigenvalue weighted by Crippen LogP contribution is 2.34. The van der Waals surface area contributed by atoms with E-state index in [2.05, 4.69) is 24.9 Å². The lowest BCUT2D eigenvalue weighted by molar-refractivity contribution is 0.0735. The molecule has 2 aromatic heterocycles. The molecule has 3 heterocycles. The quantitative estimate of drug-likeness (QED) is 0.728. The number of aromatic nitrogens is 2. The van der Waals surface area contributed by atoms with E-state index in [4.69, 9.17) is 4.98 Å². The second kappa shape index (κ2) is 6.64. The molecular weight excluding hydrogens is 330 g/mol. The van der Waals surface area contributed by atoms with Crippen molar-refractivity contribution < 1.29 is 4.79 Å². The van der Waals surface area contributed by atoms with Crippen LogP contribution in [0.4, 0.5) is 0 Å². The van der Waals surface area contributed by atoms with Crippen LogP contribution in [0, 0.1) is 6.92 Å². The minimum Gasteiger partial charge on any atom is -0.340 e. The maximum Gasteiger partial charge on any atom is 0.264 e. The van der Waals surface area contributed by atoms with E-state index in [0.29, 0.717) is 0 Å². The Balaban J connectivity index is 1.62. The van der Waals surface area contributed by atoms with Gasteiger partial charge in [0.15, 0.2) is 0 Å². The van der Waals surface area contributed by atoms with Gasteiger partial charge in [-0.25, -0.2) is 4.98 Å². The Labute approximate surface area is 151 Å². The van der Waals surface area contributed by atoms with Gasteiger partial charge in [0.25, 0.3) is 5.91 Å². The molecule has 1 aromatic carbocycles. The number of nitrogens with one attached hydrogen (secondary N) is 1. The van der Waals surface area contributed by atoms with Gasteiger partial charge in [0.2, 0.25) is 0 Å². The fourth-order valence-electron chi connectivity index (χ4n) is 3.71. The van der Waals surface area contributed by atoms with Crippen LogP contribution < -0.4 is 0 Å². The number of hydrogen-bond donors (Lipinski definition) is 1. The first kappa shape index (κ1) is 16.3. The number of nitrogens with zero attached hydrogens (tertiary/aromatic N) is 2. The van der Waals surface area contributed by atoms with E-state index in [0.717, 1.165) is 54.0 Å². The van der Waals surface area contributed by atoms with Crippen LogP contribution in [0.25, 0.3) is 11.0 Å². The summed E-state index contributed by atoms with van der Waals surface area (Å²) in [4.78, 5) is 25.4. The van der Waals surface area contributed by atoms with Crippen molar-refractivity contribution in [1.29, 1.82) is 0 Å². The zero-order valence-corrected chi connectivity index (χ0v) is 15.5. The molecule has 1 saturated heterocycles. The number of thiophene rings is 1. The maximum atomic E-state index is 13.1. The molecule has 1 aliphatic heterocycles. The van der Waals surface area contributed by atoms with Crippen molar-refractivity contribution in [3.63, 3.8) is 0 Å². The van der Waals surface area contributed by atoms with Crippen molar-refractivity contribution in [2.24, 2.45) is 0 Å². The number of para-hydroxylation sites is 2. The number of benzene rings is 1. The summed E-state index contributed by atoms with van der Waals surface area (Å²) in [5.74, 6) is 1.06. The van der Waals surface area contributed by atoms with Crippen LogP contribution in [0.3, 0.4) is 0 Å². The summed E-state index contributed by atoms with van der Waals surface area (Å²) >= 11 is 1.63. The summed E-state index contributed by atoms with van der Waals surface area (Å²) in [6, 6.07) is 10.2. The molecule has 0 spiro atoms. The van der Waals surface area contributed by atoms with Gasteiger partial charge < -0.3 is 9.88 Å². The molecule has 0 aliphatic carbocycles. The van der Waals surface area contributed by atoms with Crippen molar-refractivity contribution in [2.45, 2.75) is 45.6 Å². The molecule has 1 aliphatic rings. The fraction of sp³-hybridized carbons (Fsp3) is 0.400. The number of aromatic amines is 1. The van der Waals surface area contributed by atoms with Gasteiger partial charge in [-0.2, -0.15) is 0 Å². The lowest BCUT2D eigenvalue weighted by Crippen LogP contribution is -2.30. The van der Waals surface area contributed by atoms with Gasteiger partial charge >= 0.3 is 0 Å². The normalized spacial score (nSPS) is 17.5. The molecular formula is C20H23N3OS. The predicted molar refractivity (Wildman–Crippen MR) is 102 cm³/mol. The number of rotatable bonds is 4. The average Bonchev–Trinajstić information content (AvgIpc) is 3.32. The van der Waals surface area contributed by atoms with Gasteiger partial charge in [0.1, 0.15) is 5.82 Å². The summed E-state index contributed by atoms with van der Waals surface area (Å²) in [5.41, 5.74) is 3.32. The molecule has 0 bridgehead atoms. The first-order chi connectivity index (χ1) is 12.2. The standard InChI is InChI=1S/C20H23N3OS/c1-3-7-14-12-18(25-13(14)2)20(24)23-11-6-10-17(23)19-21-15-8-4-5-9-16(15)22-19/h4-5,8-9,12,17H,3,6-7,10-11H2,1-2H3,(H,21,22). The smallest absolute Gasteiger partial charge is 0.264 e. The van der Waals surface area contributed by atoms with Crippen LogP contribution in [0.15, 0.2) is 30.3 Å². The third kappa shape index (κ3) is 2.97. The first-order valence-corrected chi connectivity index (χ1v) is 9.84. The highest BCUT2D eigenvalue weighted by atomic mass is 32.1. The molecule has 5 heteroatoms. The van der Waals surface area contributed by atoms with Crippen LogP contribution in [0.1, 0.15) is 58.2 Å². The zero-order valence-electron chi connectivity index (χ0n) is 14.7. The van der Waals surface area contributed by atoms with Crippen LogP contribution in [0.5, 0.6) is 0 Å². The molecule has 25 heavy (non-hydrogen) atoms. The van der Waals surface area contributed by atoms with Crippen molar-refractivity contribution in [3.05, 3.63) is 51.5 Å². The molecule has 1 fully saturated rings. The molecule has 1 unspecified atom stereocenters. The van der Waals surface area contributed by atoms with Gasteiger partial charge in [-0.1, -0.05) is 25.5 Å². The Bertz CT molecular complexity index is 878. The van der Waals surface area contributed by atoms with Crippen molar-refractivity contribution in [2.75, 3.05) is 6.54 Å². The lowest BCUT2D eigenvalue weighted by Gasteiger charge is -2.22. The van der Waals surface area contributed by atoms with Crippen LogP contribution in [-0.4, -0.2) is 27.3 Å². The second-order valence-electron chi connectivity index (χ2n) is 6.74. The average molecular weight is 353 g/mol. The summed E-state index contributed by atoms with van der Waals surface area (Å²) in [7, 11) is 0. The summed E-state index contributed by atoms with van der Waals surface area (Å²) in [5, 5.41) is 0. The van der Waals surface area contributed by atoms with Gasteiger partial charge in [0, 0.05) is 11.4 Å². The van der Waals surface area contributed by atoms with E-state index in [1.54, 1.807) is 11.3 Å². The van der Waals surface area contributed by atoms with Gasteiger partial charge in [-0.05, 0) is 49.9 Å². The number of carbonyl (C=O) groups excluding carboxylic acids is 1. The van der Waals surface area contributed by atoms with E-state index >= 15 is 0 Å². The van der Waals surface area contributed by atoms with E-state index in [1.807, 2.05) is 29.2 Å². The Morgan fingerprint density at radius 1 is 1.40 bits per heavy atom. The first-order valence-electron chi connectivity index (χ1n) is 9.02. The van der Waals surface area contributed by atoms with E-state index in [9.17, 15) is 4.79 Å². The highest BCUT2D eigenvalue weighted by Gasteiger charge is 2.33. The molecule has 1 amide bonds. The number of aryl methyl sites for hydroxylation is 2. The van der Waals surface area contributed by atoms with E-state index in [1.165, 1.54) is 10.4 Å². The molecule has 1 atom stereocenters. The third-order valence-corrected chi connectivity index (χ3v) is 6.07. The molecule has 4 rings (SSSR count). The molecule has 0 saturated carbocycles. The number of H-pyrrole nitrogens is 1. The SMILES string of the molecule is CCCc1cc(C(=O)N2CCCC2c2nc3ccccc3[nH]2)sc1C. The molecule has 4 nitrogen and oxygen atoms in total. The summed E-state index contributed by atoms with van der Waals surface area (Å²) in [6.07, 6.45) is 4.15. The van der Waals surface area contributed by atoms with Crippen LogP contribution >= 0.6 is 11.3 Å². The number of hydrogen-bond acceptors (Lipinski definition) is 3.